The number of fused-ring (bicyclic) bond motifs is 1. The van der Waals surface area contributed by atoms with Gasteiger partial charge >= 0.3 is 6.09 Å². The summed E-state index contributed by atoms with van der Waals surface area (Å²) in [6.07, 6.45) is 4.92. The topological polar surface area (TPSA) is 38.3 Å². The molecule has 22 heavy (non-hydrogen) atoms. The van der Waals surface area contributed by atoms with E-state index in [1.807, 2.05) is 36.4 Å². The van der Waals surface area contributed by atoms with Gasteiger partial charge in [-0.2, -0.15) is 0 Å². The predicted molar refractivity (Wildman–Crippen MR) is 92.3 cm³/mol. The zero-order valence-corrected chi connectivity index (χ0v) is 13.5. The first-order valence-electron chi connectivity index (χ1n) is 8.19. The number of carbonyl (C=O) groups is 1. The highest BCUT2D eigenvalue weighted by Crippen LogP contribution is 2.19. The summed E-state index contributed by atoms with van der Waals surface area (Å²) in [4.78, 5) is 12.0. The van der Waals surface area contributed by atoms with Crippen LogP contribution < -0.4 is 5.32 Å². The normalized spacial score (nSPS) is 12.1. The highest BCUT2D eigenvalue weighted by atomic mass is 16.6. The van der Waals surface area contributed by atoms with E-state index in [0.717, 1.165) is 35.7 Å². The van der Waals surface area contributed by atoms with Gasteiger partial charge in [0.25, 0.3) is 0 Å². The number of ether oxygens (including phenoxy) is 1. The second kappa shape index (κ2) is 8.42. The van der Waals surface area contributed by atoms with Crippen LogP contribution in [-0.4, -0.2) is 12.2 Å². The van der Waals surface area contributed by atoms with Crippen molar-refractivity contribution in [2.24, 2.45) is 0 Å². The second-order valence-corrected chi connectivity index (χ2v) is 5.62. The zero-order chi connectivity index (χ0) is 15.8. The number of carbonyl (C=O) groups excluding carboxylic acids is 1. The second-order valence-electron chi connectivity index (χ2n) is 5.62. The van der Waals surface area contributed by atoms with Gasteiger partial charge in [-0.05, 0) is 42.2 Å². The largest absolute Gasteiger partial charge is 0.446 e. The fourth-order valence-corrected chi connectivity index (χ4v) is 2.53. The van der Waals surface area contributed by atoms with Crippen LogP contribution in [0.5, 0.6) is 0 Å². The molecule has 0 fully saturated rings. The summed E-state index contributed by atoms with van der Waals surface area (Å²) in [6, 6.07) is 14.0. The number of hydrogen-bond acceptors (Lipinski definition) is 2. The standard InChI is InChI=1S/C19H25NO2/c1-3-5-6-11-18(4-2)22-19(21)20-17-13-12-15-9-7-8-10-16(15)14-17/h7-10,12-14,18H,3-6,11H2,1-2H3,(H,20,21)/t18-/m1/s1. The summed E-state index contributed by atoms with van der Waals surface area (Å²) < 4.78 is 5.51. The number of anilines is 1. The van der Waals surface area contributed by atoms with Crippen molar-refractivity contribution in [3.05, 3.63) is 42.5 Å². The summed E-state index contributed by atoms with van der Waals surface area (Å²) in [7, 11) is 0. The maximum Gasteiger partial charge on any atom is 0.411 e. The number of rotatable bonds is 7. The number of benzene rings is 2. The van der Waals surface area contributed by atoms with Crippen LogP contribution in [-0.2, 0) is 4.74 Å². The van der Waals surface area contributed by atoms with Gasteiger partial charge in [-0.3, -0.25) is 5.32 Å². The van der Waals surface area contributed by atoms with Gasteiger partial charge in [0.15, 0.2) is 0 Å². The first-order valence-corrected chi connectivity index (χ1v) is 8.19. The van der Waals surface area contributed by atoms with Crippen molar-refractivity contribution in [1.29, 1.82) is 0 Å². The SMILES string of the molecule is CCCCC[C@@H](CC)OC(=O)Nc1ccc2ccccc2c1. The summed E-state index contributed by atoms with van der Waals surface area (Å²) in [6.45, 7) is 4.23. The minimum atomic E-state index is -0.362. The van der Waals surface area contributed by atoms with Crippen molar-refractivity contribution in [2.45, 2.75) is 52.1 Å². The predicted octanol–water partition coefficient (Wildman–Crippen LogP) is 5.75. The van der Waals surface area contributed by atoms with Crippen LogP contribution in [0, 0.1) is 0 Å². The molecule has 0 bridgehead atoms. The van der Waals surface area contributed by atoms with E-state index in [4.69, 9.17) is 4.74 Å². The molecular weight excluding hydrogens is 274 g/mol. The maximum atomic E-state index is 12.0. The van der Waals surface area contributed by atoms with Gasteiger partial charge in [0.2, 0.25) is 0 Å². The zero-order valence-electron chi connectivity index (χ0n) is 13.5. The van der Waals surface area contributed by atoms with Gasteiger partial charge in [-0.15, -0.1) is 0 Å². The molecular formula is C19H25NO2. The smallest absolute Gasteiger partial charge is 0.411 e. The van der Waals surface area contributed by atoms with Gasteiger partial charge in [-0.1, -0.05) is 57.0 Å². The lowest BCUT2D eigenvalue weighted by Gasteiger charge is -2.16. The molecule has 2 aromatic carbocycles. The summed E-state index contributed by atoms with van der Waals surface area (Å²) >= 11 is 0. The molecule has 0 radical (unpaired) electrons. The Labute approximate surface area is 132 Å². The molecule has 0 spiro atoms. The molecule has 0 aromatic heterocycles. The molecule has 1 amide bonds. The van der Waals surface area contributed by atoms with Crippen LogP contribution in [0.25, 0.3) is 10.8 Å². The molecule has 0 saturated heterocycles. The molecule has 2 rings (SSSR count). The van der Waals surface area contributed by atoms with Crippen LogP contribution >= 0.6 is 0 Å². The van der Waals surface area contributed by atoms with E-state index >= 15 is 0 Å². The van der Waals surface area contributed by atoms with Crippen LogP contribution in [0.2, 0.25) is 0 Å². The van der Waals surface area contributed by atoms with E-state index < -0.39 is 0 Å². The lowest BCUT2D eigenvalue weighted by atomic mass is 10.1. The van der Waals surface area contributed by atoms with Gasteiger partial charge < -0.3 is 4.74 Å². The van der Waals surface area contributed by atoms with E-state index in [0.29, 0.717) is 0 Å². The Hall–Kier alpha value is -2.03. The monoisotopic (exact) mass is 299 g/mol. The molecule has 1 N–H and O–H groups in total. The molecule has 0 aliphatic rings. The lowest BCUT2D eigenvalue weighted by Crippen LogP contribution is -2.22. The third-order valence-corrected chi connectivity index (χ3v) is 3.85. The Bertz CT molecular complexity index is 609. The summed E-state index contributed by atoms with van der Waals surface area (Å²) in [5.41, 5.74) is 0.770. The Kier molecular flexibility index (Phi) is 6.26. The Morgan fingerprint density at radius 1 is 1.09 bits per heavy atom. The number of hydrogen-bond donors (Lipinski definition) is 1. The fourth-order valence-electron chi connectivity index (χ4n) is 2.53. The molecule has 0 heterocycles. The van der Waals surface area contributed by atoms with Crippen molar-refractivity contribution < 1.29 is 9.53 Å². The Morgan fingerprint density at radius 2 is 1.86 bits per heavy atom. The molecule has 118 valence electrons. The average Bonchev–Trinajstić information content (AvgIpc) is 2.54. The molecule has 1 atom stereocenters. The van der Waals surface area contributed by atoms with Crippen molar-refractivity contribution in [2.75, 3.05) is 5.32 Å². The van der Waals surface area contributed by atoms with Crippen LogP contribution in [0.15, 0.2) is 42.5 Å². The van der Waals surface area contributed by atoms with E-state index in [1.54, 1.807) is 0 Å². The van der Waals surface area contributed by atoms with E-state index in [1.165, 1.54) is 12.8 Å². The Morgan fingerprint density at radius 3 is 2.59 bits per heavy atom. The van der Waals surface area contributed by atoms with Crippen molar-refractivity contribution in [1.82, 2.24) is 0 Å². The quantitative estimate of drug-likeness (QED) is 0.661. The van der Waals surface area contributed by atoms with Crippen LogP contribution in [0.3, 0.4) is 0 Å². The van der Waals surface area contributed by atoms with Crippen molar-refractivity contribution >= 4 is 22.6 Å². The van der Waals surface area contributed by atoms with Crippen molar-refractivity contribution in [3.63, 3.8) is 0 Å². The number of unbranched alkanes of at least 4 members (excludes halogenated alkanes) is 2. The van der Waals surface area contributed by atoms with Gasteiger partial charge in [0, 0.05) is 5.69 Å². The van der Waals surface area contributed by atoms with Crippen molar-refractivity contribution in [3.8, 4) is 0 Å². The van der Waals surface area contributed by atoms with E-state index in [9.17, 15) is 4.79 Å². The molecule has 3 nitrogen and oxygen atoms in total. The van der Waals surface area contributed by atoms with Gasteiger partial charge in [0.1, 0.15) is 6.10 Å². The third-order valence-electron chi connectivity index (χ3n) is 3.85. The fraction of sp³-hybridized carbons (Fsp3) is 0.421. The summed E-state index contributed by atoms with van der Waals surface area (Å²) in [5, 5.41) is 5.09. The molecule has 0 unspecified atom stereocenters. The molecule has 0 aliphatic heterocycles. The highest BCUT2D eigenvalue weighted by molar-refractivity contribution is 5.91. The van der Waals surface area contributed by atoms with Gasteiger partial charge in [-0.25, -0.2) is 4.79 Å². The van der Waals surface area contributed by atoms with Crippen LogP contribution in [0.4, 0.5) is 10.5 Å². The maximum absolute atomic E-state index is 12.0. The van der Waals surface area contributed by atoms with E-state index in [2.05, 4.69) is 25.2 Å². The highest BCUT2D eigenvalue weighted by Gasteiger charge is 2.12. The minimum absolute atomic E-state index is 0.00649. The van der Waals surface area contributed by atoms with E-state index in [-0.39, 0.29) is 12.2 Å². The van der Waals surface area contributed by atoms with Gasteiger partial charge in [0.05, 0.1) is 0 Å². The first-order chi connectivity index (χ1) is 10.7. The first kappa shape index (κ1) is 16.3. The third kappa shape index (κ3) is 4.76. The molecule has 0 saturated carbocycles. The molecule has 3 heteroatoms. The molecule has 0 aliphatic carbocycles. The number of nitrogens with one attached hydrogen (secondary N) is 1. The Balaban J connectivity index is 1.91. The average molecular weight is 299 g/mol. The summed E-state index contributed by atoms with van der Waals surface area (Å²) in [5.74, 6) is 0. The lowest BCUT2D eigenvalue weighted by molar-refractivity contribution is 0.101. The minimum Gasteiger partial charge on any atom is -0.446 e. The number of amides is 1. The van der Waals surface area contributed by atoms with Crippen LogP contribution in [0.1, 0.15) is 46.0 Å². The molecule has 2 aromatic rings.